The standard InChI is InChI=1S/C16H19N3O4S2/c1-12(15-5-4-10-24-15)17-18-16(20)11-19(25(3,21)22)13-6-8-14(23-2)9-7-13/h4-10H,11H2,1-3H3,(H,18,20)/b17-12-. The van der Waals surface area contributed by atoms with Crippen LogP contribution in [0.25, 0.3) is 0 Å². The minimum Gasteiger partial charge on any atom is -0.497 e. The first-order chi connectivity index (χ1) is 11.8. The molecule has 0 aliphatic carbocycles. The molecule has 0 atom stereocenters. The maximum atomic E-state index is 12.1. The maximum absolute atomic E-state index is 12.1. The van der Waals surface area contributed by atoms with Gasteiger partial charge in [-0.3, -0.25) is 9.10 Å². The summed E-state index contributed by atoms with van der Waals surface area (Å²) in [5.74, 6) is 0.0648. The van der Waals surface area contributed by atoms with E-state index < -0.39 is 15.9 Å². The number of carbonyl (C=O) groups excluding carboxylic acids is 1. The molecule has 2 aromatic rings. The van der Waals surface area contributed by atoms with Gasteiger partial charge in [-0.2, -0.15) is 5.10 Å². The number of benzene rings is 1. The predicted octanol–water partition coefficient (Wildman–Crippen LogP) is 2.06. The van der Waals surface area contributed by atoms with Gasteiger partial charge >= 0.3 is 0 Å². The molecule has 1 aromatic heterocycles. The van der Waals surface area contributed by atoms with Crippen LogP contribution in [0.5, 0.6) is 5.75 Å². The number of rotatable bonds is 7. The van der Waals surface area contributed by atoms with Gasteiger partial charge in [0.15, 0.2) is 0 Å². The van der Waals surface area contributed by atoms with E-state index in [1.807, 2.05) is 17.5 Å². The van der Waals surface area contributed by atoms with Crippen molar-refractivity contribution >= 4 is 38.7 Å². The Hall–Kier alpha value is -2.39. The molecule has 0 radical (unpaired) electrons. The van der Waals surface area contributed by atoms with Gasteiger partial charge in [0.05, 0.1) is 24.8 Å². The molecule has 1 amide bonds. The van der Waals surface area contributed by atoms with E-state index in [1.165, 1.54) is 18.4 Å². The first kappa shape index (κ1) is 18.9. The average molecular weight is 381 g/mol. The molecule has 0 fully saturated rings. The van der Waals surface area contributed by atoms with E-state index in [4.69, 9.17) is 4.74 Å². The summed E-state index contributed by atoms with van der Waals surface area (Å²) in [6.45, 7) is 1.40. The monoisotopic (exact) mass is 381 g/mol. The number of ether oxygens (including phenoxy) is 1. The maximum Gasteiger partial charge on any atom is 0.260 e. The normalized spacial score (nSPS) is 11.9. The Morgan fingerprint density at radius 3 is 2.48 bits per heavy atom. The number of nitrogens with one attached hydrogen (secondary N) is 1. The van der Waals surface area contributed by atoms with E-state index >= 15 is 0 Å². The van der Waals surface area contributed by atoms with Crippen molar-refractivity contribution < 1.29 is 17.9 Å². The molecule has 2 rings (SSSR count). The average Bonchev–Trinajstić information content (AvgIpc) is 3.11. The number of hydrazone groups is 1. The lowest BCUT2D eigenvalue weighted by Gasteiger charge is -2.21. The number of carbonyl (C=O) groups is 1. The highest BCUT2D eigenvalue weighted by Gasteiger charge is 2.20. The second-order valence-corrected chi connectivity index (χ2v) is 8.03. The van der Waals surface area contributed by atoms with Crippen molar-refractivity contribution in [1.29, 1.82) is 0 Å². The number of hydrogen-bond donors (Lipinski definition) is 1. The molecule has 0 spiro atoms. The van der Waals surface area contributed by atoms with Gasteiger partial charge in [0, 0.05) is 4.88 Å². The van der Waals surface area contributed by atoms with Crippen molar-refractivity contribution in [3.05, 3.63) is 46.7 Å². The Morgan fingerprint density at radius 2 is 1.96 bits per heavy atom. The Kier molecular flexibility index (Phi) is 6.16. The van der Waals surface area contributed by atoms with Crippen LogP contribution in [0, 0.1) is 0 Å². The molecule has 0 bridgehead atoms. The molecule has 0 unspecified atom stereocenters. The molecule has 1 N–H and O–H groups in total. The lowest BCUT2D eigenvalue weighted by molar-refractivity contribution is -0.119. The van der Waals surface area contributed by atoms with E-state index in [2.05, 4.69) is 10.5 Å². The van der Waals surface area contributed by atoms with Crippen molar-refractivity contribution in [1.82, 2.24) is 5.43 Å². The zero-order chi connectivity index (χ0) is 18.4. The van der Waals surface area contributed by atoms with Gasteiger partial charge in [-0.1, -0.05) is 6.07 Å². The van der Waals surface area contributed by atoms with Gasteiger partial charge in [-0.05, 0) is 42.6 Å². The van der Waals surface area contributed by atoms with Crippen LogP contribution in [0.3, 0.4) is 0 Å². The summed E-state index contributed by atoms with van der Waals surface area (Å²) in [5, 5.41) is 5.92. The van der Waals surface area contributed by atoms with Gasteiger partial charge in [-0.25, -0.2) is 13.8 Å². The quantitative estimate of drug-likeness (QED) is 0.587. The summed E-state index contributed by atoms with van der Waals surface area (Å²) < 4.78 is 30.1. The van der Waals surface area contributed by atoms with E-state index in [0.29, 0.717) is 17.1 Å². The summed E-state index contributed by atoms with van der Waals surface area (Å²) in [5.41, 5.74) is 3.41. The molecule has 0 saturated heterocycles. The second kappa shape index (κ2) is 8.13. The number of anilines is 1. The van der Waals surface area contributed by atoms with Crippen molar-refractivity contribution in [3.8, 4) is 5.75 Å². The van der Waals surface area contributed by atoms with Crippen molar-refractivity contribution in [2.45, 2.75) is 6.92 Å². The molecule has 25 heavy (non-hydrogen) atoms. The number of amides is 1. The molecular weight excluding hydrogens is 362 g/mol. The fourth-order valence-corrected chi connectivity index (χ4v) is 3.53. The molecule has 0 saturated carbocycles. The minimum absolute atomic E-state index is 0.369. The molecule has 1 heterocycles. The van der Waals surface area contributed by atoms with E-state index in [-0.39, 0.29) is 6.54 Å². The van der Waals surface area contributed by atoms with Crippen LogP contribution in [-0.2, 0) is 14.8 Å². The van der Waals surface area contributed by atoms with Crippen molar-refractivity contribution in [3.63, 3.8) is 0 Å². The van der Waals surface area contributed by atoms with Gasteiger partial charge < -0.3 is 4.74 Å². The number of thiophene rings is 1. The van der Waals surface area contributed by atoms with Crippen molar-refractivity contribution in [2.24, 2.45) is 5.10 Å². The summed E-state index contributed by atoms with van der Waals surface area (Å²) in [7, 11) is -2.11. The summed E-state index contributed by atoms with van der Waals surface area (Å²) in [6, 6.07) is 10.2. The summed E-state index contributed by atoms with van der Waals surface area (Å²) in [6.07, 6.45) is 1.05. The zero-order valence-electron chi connectivity index (χ0n) is 14.1. The fraction of sp³-hybridized carbons (Fsp3) is 0.250. The number of methoxy groups -OCH3 is 1. The van der Waals surface area contributed by atoms with E-state index in [9.17, 15) is 13.2 Å². The highest BCUT2D eigenvalue weighted by Crippen LogP contribution is 2.21. The van der Waals surface area contributed by atoms with Crippen LogP contribution >= 0.6 is 11.3 Å². The molecule has 1 aromatic carbocycles. The van der Waals surface area contributed by atoms with Crippen LogP contribution in [0.15, 0.2) is 46.9 Å². The molecular formula is C16H19N3O4S2. The zero-order valence-corrected chi connectivity index (χ0v) is 15.7. The number of nitrogens with zero attached hydrogens (tertiary/aromatic N) is 2. The van der Waals surface area contributed by atoms with E-state index in [0.717, 1.165) is 15.4 Å². The van der Waals surface area contributed by atoms with Crippen LogP contribution < -0.4 is 14.5 Å². The van der Waals surface area contributed by atoms with Gasteiger partial charge in [0.25, 0.3) is 5.91 Å². The first-order valence-electron chi connectivity index (χ1n) is 7.30. The lowest BCUT2D eigenvalue weighted by Crippen LogP contribution is -2.39. The topological polar surface area (TPSA) is 88.1 Å². The molecule has 134 valence electrons. The number of sulfonamides is 1. The molecule has 0 aliphatic rings. The van der Waals surface area contributed by atoms with Crippen LogP contribution in [0.2, 0.25) is 0 Å². The SMILES string of the molecule is COc1ccc(N(CC(=O)N/N=C(/C)c2cccs2)S(C)(=O)=O)cc1. The lowest BCUT2D eigenvalue weighted by atomic mass is 10.3. The largest absolute Gasteiger partial charge is 0.497 e. The van der Waals surface area contributed by atoms with Gasteiger partial charge in [0.1, 0.15) is 12.3 Å². The van der Waals surface area contributed by atoms with Gasteiger partial charge in [-0.15, -0.1) is 11.3 Å². The van der Waals surface area contributed by atoms with Crippen LogP contribution in [0.1, 0.15) is 11.8 Å². The Balaban J connectivity index is 2.11. The fourth-order valence-electron chi connectivity index (χ4n) is 2.00. The van der Waals surface area contributed by atoms with Crippen LogP contribution in [-0.4, -0.2) is 39.9 Å². The second-order valence-electron chi connectivity index (χ2n) is 5.18. The third kappa shape index (κ3) is 5.30. The predicted molar refractivity (Wildman–Crippen MR) is 99.9 cm³/mol. The Bertz CT molecular complexity index is 844. The molecule has 0 aliphatic heterocycles. The van der Waals surface area contributed by atoms with Gasteiger partial charge in [0.2, 0.25) is 10.0 Å². The third-order valence-electron chi connectivity index (χ3n) is 3.27. The van der Waals surface area contributed by atoms with E-state index in [1.54, 1.807) is 31.2 Å². The smallest absolute Gasteiger partial charge is 0.260 e. The molecule has 7 nitrogen and oxygen atoms in total. The van der Waals surface area contributed by atoms with Crippen LogP contribution in [0.4, 0.5) is 5.69 Å². The number of hydrogen-bond acceptors (Lipinski definition) is 6. The third-order valence-corrected chi connectivity index (χ3v) is 5.39. The highest BCUT2D eigenvalue weighted by atomic mass is 32.2. The Morgan fingerprint density at radius 1 is 1.28 bits per heavy atom. The highest BCUT2D eigenvalue weighted by molar-refractivity contribution is 7.92. The summed E-state index contributed by atoms with van der Waals surface area (Å²) in [4.78, 5) is 13.1. The summed E-state index contributed by atoms with van der Waals surface area (Å²) >= 11 is 1.50. The molecule has 9 heteroatoms. The Labute approximate surface area is 151 Å². The first-order valence-corrected chi connectivity index (χ1v) is 10.0. The van der Waals surface area contributed by atoms with Crippen molar-refractivity contribution in [2.75, 3.05) is 24.2 Å². The minimum atomic E-state index is -3.63.